The Balaban J connectivity index is 2.68. The Bertz CT molecular complexity index is 564. The van der Waals surface area contributed by atoms with Crippen LogP contribution in [-0.2, 0) is 9.05 Å². The topological polar surface area (TPSA) is 47.0 Å². The van der Waals surface area contributed by atoms with Crippen LogP contribution in [0.15, 0.2) is 40.7 Å². The van der Waals surface area contributed by atoms with Crippen LogP contribution in [0.1, 0.15) is 0 Å². The van der Waals surface area contributed by atoms with Crippen molar-refractivity contribution in [3.63, 3.8) is 0 Å². The molecule has 15 heavy (non-hydrogen) atoms. The van der Waals surface area contributed by atoms with Gasteiger partial charge in [0.2, 0.25) is 0 Å². The van der Waals surface area contributed by atoms with Gasteiger partial charge in [-0.05, 0) is 17.6 Å². The first-order chi connectivity index (χ1) is 7.09. The molecule has 0 spiro atoms. The minimum absolute atomic E-state index is 0.117. The molecule has 2 aromatic rings. The van der Waals surface area contributed by atoms with Gasteiger partial charge in [-0.1, -0.05) is 18.2 Å². The molecule has 0 bridgehead atoms. The van der Waals surface area contributed by atoms with Crippen LogP contribution in [0.2, 0.25) is 0 Å². The maximum Gasteiger partial charge on any atom is 0.261 e. The van der Waals surface area contributed by atoms with Crippen molar-refractivity contribution in [1.82, 2.24) is 4.37 Å². The average Bonchev–Trinajstić information content (AvgIpc) is 2.69. The van der Waals surface area contributed by atoms with E-state index in [0.29, 0.717) is 5.56 Å². The molecule has 0 amide bonds. The number of rotatable bonds is 2. The van der Waals surface area contributed by atoms with Crippen molar-refractivity contribution < 1.29 is 8.42 Å². The third-order valence-corrected chi connectivity index (χ3v) is 3.86. The van der Waals surface area contributed by atoms with Gasteiger partial charge in [0.1, 0.15) is 0 Å². The Morgan fingerprint density at radius 3 is 2.60 bits per heavy atom. The van der Waals surface area contributed by atoms with E-state index in [9.17, 15) is 8.42 Å². The lowest BCUT2D eigenvalue weighted by Crippen LogP contribution is -1.93. The predicted octanol–water partition coefficient (Wildman–Crippen LogP) is 2.74. The van der Waals surface area contributed by atoms with E-state index in [1.807, 2.05) is 0 Å². The number of halogens is 1. The summed E-state index contributed by atoms with van der Waals surface area (Å²) in [5.74, 6) is 0. The van der Waals surface area contributed by atoms with Crippen LogP contribution < -0.4 is 0 Å². The van der Waals surface area contributed by atoms with Crippen molar-refractivity contribution in [2.75, 3.05) is 0 Å². The summed E-state index contributed by atoms with van der Waals surface area (Å²) in [4.78, 5) is 0.117. The van der Waals surface area contributed by atoms with E-state index < -0.39 is 9.05 Å². The Kier molecular flexibility index (Phi) is 2.77. The number of aromatic nitrogens is 1. The van der Waals surface area contributed by atoms with Gasteiger partial charge in [-0.2, -0.15) is 0 Å². The van der Waals surface area contributed by atoms with Gasteiger partial charge in [-0.3, -0.25) is 0 Å². The Morgan fingerprint density at radius 2 is 2.00 bits per heavy atom. The largest absolute Gasteiger partial charge is 0.261 e. The van der Waals surface area contributed by atoms with E-state index in [1.54, 1.807) is 29.8 Å². The van der Waals surface area contributed by atoms with Gasteiger partial charge in [-0.15, -0.1) is 0 Å². The first kappa shape index (κ1) is 10.6. The minimum atomic E-state index is -3.71. The van der Waals surface area contributed by atoms with Crippen molar-refractivity contribution in [3.8, 4) is 11.1 Å². The van der Waals surface area contributed by atoms with E-state index in [2.05, 4.69) is 4.37 Å². The summed E-state index contributed by atoms with van der Waals surface area (Å²) in [6, 6.07) is 6.59. The van der Waals surface area contributed by atoms with Crippen LogP contribution in [0.5, 0.6) is 0 Å². The molecule has 0 aliphatic rings. The second-order valence-corrected chi connectivity index (χ2v) is 6.04. The lowest BCUT2D eigenvalue weighted by Gasteiger charge is -2.03. The van der Waals surface area contributed by atoms with Crippen molar-refractivity contribution in [3.05, 3.63) is 35.8 Å². The summed E-state index contributed by atoms with van der Waals surface area (Å²) in [6.45, 7) is 0. The molecule has 0 aliphatic heterocycles. The molecule has 0 N–H and O–H groups in total. The number of benzene rings is 1. The molecule has 0 unspecified atom stereocenters. The second kappa shape index (κ2) is 3.92. The predicted molar refractivity (Wildman–Crippen MR) is 60.6 cm³/mol. The number of hydrogen-bond acceptors (Lipinski definition) is 4. The lowest BCUT2D eigenvalue weighted by atomic mass is 10.1. The van der Waals surface area contributed by atoms with Crippen LogP contribution in [0.4, 0.5) is 0 Å². The van der Waals surface area contributed by atoms with E-state index in [4.69, 9.17) is 10.7 Å². The maximum atomic E-state index is 11.3. The minimum Gasteiger partial charge on any atom is -0.207 e. The summed E-state index contributed by atoms with van der Waals surface area (Å²) in [5, 5.41) is 1.78. The van der Waals surface area contributed by atoms with Crippen molar-refractivity contribution in [2.24, 2.45) is 0 Å². The number of nitrogens with zero attached hydrogens (tertiary/aromatic N) is 1. The summed E-state index contributed by atoms with van der Waals surface area (Å²) in [7, 11) is 1.63. The third-order valence-electron chi connectivity index (χ3n) is 1.89. The van der Waals surface area contributed by atoms with Crippen LogP contribution >= 0.6 is 22.2 Å². The highest BCUT2D eigenvalue weighted by molar-refractivity contribution is 8.13. The maximum absolute atomic E-state index is 11.3. The smallest absolute Gasteiger partial charge is 0.207 e. The van der Waals surface area contributed by atoms with Gasteiger partial charge in [0.25, 0.3) is 9.05 Å². The van der Waals surface area contributed by atoms with Gasteiger partial charge in [-0.25, -0.2) is 12.8 Å². The van der Waals surface area contributed by atoms with E-state index >= 15 is 0 Å². The molecule has 2 rings (SSSR count). The van der Waals surface area contributed by atoms with E-state index in [-0.39, 0.29) is 4.90 Å². The molecule has 0 radical (unpaired) electrons. The molecule has 0 saturated heterocycles. The highest BCUT2D eigenvalue weighted by atomic mass is 35.7. The highest BCUT2D eigenvalue weighted by Gasteiger charge is 2.16. The molecule has 1 heterocycles. The van der Waals surface area contributed by atoms with Crippen LogP contribution in [-0.4, -0.2) is 12.8 Å². The first-order valence-corrected chi connectivity index (χ1v) is 7.17. The molecule has 1 aromatic carbocycles. The molecular weight excluding hydrogens is 254 g/mol. The molecule has 0 saturated carbocycles. The Morgan fingerprint density at radius 1 is 1.27 bits per heavy atom. The Hall–Kier alpha value is -0.910. The fourth-order valence-corrected chi connectivity index (χ4v) is 2.89. The lowest BCUT2D eigenvalue weighted by molar-refractivity contribution is 0.610. The molecule has 0 atom stereocenters. The van der Waals surface area contributed by atoms with Crippen molar-refractivity contribution in [1.29, 1.82) is 0 Å². The Labute approximate surface area is 95.9 Å². The molecule has 0 aliphatic carbocycles. The van der Waals surface area contributed by atoms with Crippen LogP contribution in [0.25, 0.3) is 11.1 Å². The molecule has 6 heteroatoms. The quantitative estimate of drug-likeness (QED) is 0.779. The van der Waals surface area contributed by atoms with Gasteiger partial charge in [0.15, 0.2) is 0 Å². The van der Waals surface area contributed by atoms with Crippen LogP contribution in [0, 0.1) is 0 Å². The summed E-state index contributed by atoms with van der Waals surface area (Å²) in [5.41, 5.74) is 1.35. The van der Waals surface area contributed by atoms with E-state index in [1.165, 1.54) is 17.6 Å². The fourth-order valence-electron chi connectivity index (χ4n) is 1.26. The summed E-state index contributed by atoms with van der Waals surface area (Å²) < 4.78 is 26.5. The molecular formula is C9H6ClNO2S2. The summed E-state index contributed by atoms with van der Waals surface area (Å²) >= 11 is 1.27. The number of hydrogen-bond donors (Lipinski definition) is 0. The van der Waals surface area contributed by atoms with Gasteiger partial charge >= 0.3 is 0 Å². The third kappa shape index (κ3) is 2.19. The average molecular weight is 260 g/mol. The summed E-state index contributed by atoms with van der Waals surface area (Å²) in [6.07, 6.45) is 1.62. The molecule has 0 fully saturated rings. The van der Waals surface area contributed by atoms with Crippen molar-refractivity contribution in [2.45, 2.75) is 4.90 Å². The zero-order chi connectivity index (χ0) is 10.9. The van der Waals surface area contributed by atoms with Gasteiger partial charge in [0.05, 0.1) is 4.90 Å². The van der Waals surface area contributed by atoms with Gasteiger partial charge < -0.3 is 0 Å². The molecule has 3 nitrogen and oxygen atoms in total. The fraction of sp³-hybridized carbons (Fsp3) is 0. The van der Waals surface area contributed by atoms with Gasteiger partial charge in [0, 0.05) is 33.4 Å². The zero-order valence-corrected chi connectivity index (χ0v) is 9.81. The van der Waals surface area contributed by atoms with E-state index in [0.717, 1.165) is 5.56 Å². The highest BCUT2D eigenvalue weighted by Crippen LogP contribution is 2.29. The van der Waals surface area contributed by atoms with Crippen molar-refractivity contribution >= 4 is 31.3 Å². The van der Waals surface area contributed by atoms with Crippen LogP contribution in [0.3, 0.4) is 0 Å². The first-order valence-electron chi connectivity index (χ1n) is 4.02. The zero-order valence-electron chi connectivity index (χ0n) is 7.42. The molecule has 78 valence electrons. The second-order valence-electron chi connectivity index (χ2n) is 2.85. The monoisotopic (exact) mass is 259 g/mol. The standard InChI is InChI=1S/C9H6ClNO2S2/c10-15(12,13)9-4-2-1-3-8(9)7-5-11-14-6-7/h1-6H. The molecule has 1 aromatic heterocycles. The normalized spacial score (nSPS) is 11.5. The SMILES string of the molecule is O=S(=O)(Cl)c1ccccc1-c1cnsc1.